The van der Waals surface area contributed by atoms with E-state index in [1.54, 1.807) is 5.57 Å². The van der Waals surface area contributed by atoms with Crippen LogP contribution in [0.5, 0.6) is 0 Å². The van der Waals surface area contributed by atoms with Crippen LogP contribution in [-0.2, 0) is 4.74 Å². The van der Waals surface area contributed by atoms with E-state index in [1.165, 1.54) is 45.3 Å². The van der Waals surface area contributed by atoms with Crippen molar-refractivity contribution in [1.82, 2.24) is 4.90 Å². The molecule has 2 nitrogen and oxygen atoms in total. The Labute approximate surface area is 113 Å². The van der Waals surface area contributed by atoms with Gasteiger partial charge in [-0.25, -0.2) is 0 Å². The maximum Gasteiger partial charge on any atom is 0.0687 e. The second kappa shape index (κ2) is 6.35. The first-order valence-corrected chi connectivity index (χ1v) is 11.1. The van der Waals surface area contributed by atoms with Crippen LogP contribution in [0.3, 0.4) is 0 Å². The third kappa shape index (κ3) is 4.52. The first-order valence-electron chi connectivity index (χ1n) is 7.56. The van der Waals surface area contributed by atoms with Gasteiger partial charge in [0.2, 0.25) is 0 Å². The van der Waals surface area contributed by atoms with Crippen molar-refractivity contribution in [2.24, 2.45) is 5.92 Å². The molecule has 2 aliphatic heterocycles. The van der Waals surface area contributed by atoms with Gasteiger partial charge in [0.25, 0.3) is 0 Å². The monoisotopic (exact) mass is 267 g/mol. The lowest BCUT2D eigenvalue weighted by molar-refractivity contribution is 0.173. The minimum Gasteiger partial charge on any atom is -0.376 e. The first-order chi connectivity index (χ1) is 8.54. The lowest BCUT2D eigenvalue weighted by Crippen LogP contribution is -2.32. The summed E-state index contributed by atoms with van der Waals surface area (Å²) in [4.78, 5) is 2.65. The van der Waals surface area contributed by atoms with Gasteiger partial charge in [-0.2, -0.15) is 0 Å². The zero-order valence-electron chi connectivity index (χ0n) is 12.4. The molecule has 0 aliphatic carbocycles. The van der Waals surface area contributed by atoms with Gasteiger partial charge in [-0.15, -0.1) is 0 Å². The highest BCUT2D eigenvalue weighted by Crippen LogP contribution is 2.26. The van der Waals surface area contributed by atoms with Crippen LogP contribution in [0, 0.1) is 5.92 Å². The fourth-order valence-electron chi connectivity index (χ4n) is 3.05. The van der Waals surface area contributed by atoms with Crippen LogP contribution in [0.4, 0.5) is 0 Å². The van der Waals surface area contributed by atoms with E-state index >= 15 is 0 Å². The largest absolute Gasteiger partial charge is 0.376 e. The highest BCUT2D eigenvalue weighted by molar-refractivity contribution is 6.81. The third-order valence-corrected chi connectivity index (χ3v) is 5.21. The Morgan fingerprint density at radius 3 is 2.61 bits per heavy atom. The second-order valence-corrected chi connectivity index (χ2v) is 12.0. The molecule has 2 heterocycles. The molecule has 2 fully saturated rings. The summed E-state index contributed by atoms with van der Waals surface area (Å²) in [7, 11) is -1.09. The molecule has 2 saturated heterocycles. The molecule has 0 aromatic rings. The molecule has 0 aromatic carbocycles. The SMILES string of the molecule is C[Si](C)(C)/C=C1\COCC1CCN1CCCCC1. The Morgan fingerprint density at radius 2 is 1.94 bits per heavy atom. The van der Waals surface area contributed by atoms with Crippen LogP contribution in [0.25, 0.3) is 0 Å². The zero-order valence-corrected chi connectivity index (χ0v) is 13.4. The summed E-state index contributed by atoms with van der Waals surface area (Å²) >= 11 is 0. The molecule has 104 valence electrons. The number of hydrogen-bond acceptors (Lipinski definition) is 2. The molecule has 2 rings (SSSR count). The van der Waals surface area contributed by atoms with Gasteiger partial charge >= 0.3 is 0 Å². The number of hydrogen-bond donors (Lipinski definition) is 0. The van der Waals surface area contributed by atoms with Crippen molar-refractivity contribution < 1.29 is 4.74 Å². The van der Waals surface area contributed by atoms with E-state index in [0.29, 0.717) is 5.92 Å². The van der Waals surface area contributed by atoms with Crippen LogP contribution >= 0.6 is 0 Å². The quantitative estimate of drug-likeness (QED) is 0.725. The Kier molecular flexibility index (Phi) is 5.04. The van der Waals surface area contributed by atoms with Crippen LogP contribution in [0.2, 0.25) is 19.6 Å². The number of rotatable bonds is 4. The lowest BCUT2D eigenvalue weighted by Gasteiger charge is -2.27. The normalized spacial score (nSPS) is 29.1. The second-order valence-electron chi connectivity index (χ2n) is 6.99. The van der Waals surface area contributed by atoms with E-state index < -0.39 is 8.07 Å². The van der Waals surface area contributed by atoms with Crippen molar-refractivity contribution >= 4 is 8.07 Å². The summed E-state index contributed by atoms with van der Waals surface area (Å²) in [6.07, 6.45) is 5.54. The van der Waals surface area contributed by atoms with Gasteiger partial charge in [0.1, 0.15) is 0 Å². The standard InChI is InChI=1S/C15H29NOSi/c1-18(2,3)13-15-12-17-11-14(15)7-10-16-8-5-4-6-9-16/h13-14H,4-12H2,1-3H3/b15-13+. The summed E-state index contributed by atoms with van der Waals surface area (Å²) in [6.45, 7) is 13.0. The van der Waals surface area contributed by atoms with Gasteiger partial charge in [-0.3, -0.25) is 0 Å². The van der Waals surface area contributed by atoms with Crippen molar-refractivity contribution in [2.45, 2.75) is 45.3 Å². The molecule has 1 atom stereocenters. The summed E-state index contributed by atoms with van der Waals surface area (Å²) < 4.78 is 5.69. The van der Waals surface area contributed by atoms with E-state index in [4.69, 9.17) is 4.74 Å². The molecular weight excluding hydrogens is 238 g/mol. The van der Waals surface area contributed by atoms with E-state index in [9.17, 15) is 0 Å². The summed E-state index contributed by atoms with van der Waals surface area (Å²) in [5.74, 6) is 0.707. The predicted octanol–water partition coefficient (Wildman–Crippen LogP) is 3.31. The van der Waals surface area contributed by atoms with Crippen LogP contribution in [-0.4, -0.2) is 45.8 Å². The number of piperidine rings is 1. The Hall–Kier alpha value is -0.123. The maximum atomic E-state index is 5.69. The Balaban J connectivity index is 1.82. The van der Waals surface area contributed by atoms with Gasteiger partial charge in [0.05, 0.1) is 21.3 Å². The van der Waals surface area contributed by atoms with Crippen LogP contribution in [0.1, 0.15) is 25.7 Å². The van der Waals surface area contributed by atoms with Gasteiger partial charge in [0.15, 0.2) is 0 Å². The summed E-state index contributed by atoms with van der Waals surface area (Å²) in [6, 6.07) is 0. The van der Waals surface area contributed by atoms with Gasteiger partial charge in [0, 0.05) is 5.92 Å². The van der Waals surface area contributed by atoms with Crippen molar-refractivity contribution in [1.29, 1.82) is 0 Å². The molecular formula is C15H29NOSi. The molecule has 18 heavy (non-hydrogen) atoms. The number of likely N-dealkylation sites (tertiary alicyclic amines) is 1. The summed E-state index contributed by atoms with van der Waals surface area (Å²) in [5, 5.41) is 0. The molecule has 3 heteroatoms. The van der Waals surface area contributed by atoms with E-state index in [-0.39, 0.29) is 0 Å². The fourth-order valence-corrected chi connectivity index (χ4v) is 4.48. The smallest absolute Gasteiger partial charge is 0.0687 e. The average molecular weight is 267 g/mol. The van der Waals surface area contributed by atoms with E-state index in [1.807, 2.05) is 0 Å². The predicted molar refractivity (Wildman–Crippen MR) is 80.6 cm³/mol. The maximum absolute atomic E-state index is 5.69. The van der Waals surface area contributed by atoms with Crippen LogP contribution in [0.15, 0.2) is 11.3 Å². The Morgan fingerprint density at radius 1 is 1.22 bits per heavy atom. The van der Waals surface area contributed by atoms with Gasteiger partial charge in [-0.05, 0) is 44.5 Å². The lowest BCUT2D eigenvalue weighted by atomic mass is 9.99. The molecule has 0 saturated carbocycles. The Bertz CT molecular complexity index is 289. The van der Waals surface area contributed by atoms with Crippen molar-refractivity contribution in [3.8, 4) is 0 Å². The van der Waals surface area contributed by atoms with Crippen molar-refractivity contribution in [2.75, 3.05) is 32.8 Å². The minimum atomic E-state index is -1.09. The topological polar surface area (TPSA) is 12.5 Å². The molecule has 0 radical (unpaired) electrons. The zero-order chi connectivity index (χ0) is 13.0. The molecule has 0 aromatic heterocycles. The number of nitrogens with zero attached hydrogens (tertiary/aromatic N) is 1. The molecule has 0 spiro atoms. The fraction of sp³-hybridized carbons (Fsp3) is 0.867. The molecule has 0 bridgehead atoms. The molecule has 0 amide bonds. The van der Waals surface area contributed by atoms with Crippen molar-refractivity contribution in [3.63, 3.8) is 0 Å². The van der Waals surface area contributed by atoms with Crippen molar-refractivity contribution in [3.05, 3.63) is 11.3 Å². The minimum absolute atomic E-state index is 0.707. The first kappa shape index (κ1) is 14.3. The van der Waals surface area contributed by atoms with Gasteiger partial charge < -0.3 is 9.64 Å². The number of ether oxygens (including phenoxy) is 1. The van der Waals surface area contributed by atoms with E-state index in [2.05, 4.69) is 30.2 Å². The molecule has 0 N–H and O–H groups in total. The third-order valence-electron chi connectivity index (χ3n) is 3.97. The summed E-state index contributed by atoms with van der Waals surface area (Å²) in [5.41, 5.74) is 4.17. The average Bonchev–Trinajstić information content (AvgIpc) is 2.73. The highest BCUT2D eigenvalue weighted by Gasteiger charge is 2.24. The highest BCUT2D eigenvalue weighted by atomic mass is 28.3. The van der Waals surface area contributed by atoms with Gasteiger partial charge in [-0.1, -0.05) is 31.8 Å². The van der Waals surface area contributed by atoms with Crippen LogP contribution < -0.4 is 0 Å². The van der Waals surface area contributed by atoms with E-state index in [0.717, 1.165) is 13.2 Å². The molecule has 1 unspecified atom stereocenters. The molecule has 2 aliphatic rings.